The van der Waals surface area contributed by atoms with Gasteiger partial charge in [-0.3, -0.25) is 10.1 Å². The number of benzene rings is 1. The molecule has 10 heteroatoms. The van der Waals surface area contributed by atoms with Gasteiger partial charge in [0.2, 0.25) is 0 Å². The molecule has 0 bridgehead atoms. The monoisotopic (exact) mass is 328 g/mol. The number of cyclic esters (lactones) is 2. The van der Waals surface area contributed by atoms with E-state index in [1.807, 2.05) is 0 Å². The zero-order valence-corrected chi connectivity index (χ0v) is 11.9. The van der Waals surface area contributed by atoms with Crippen LogP contribution < -0.4 is 5.32 Å². The summed E-state index contributed by atoms with van der Waals surface area (Å²) < 4.78 is 35.9. The molecule has 23 heavy (non-hydrogen) atoms. The number of nitrogens with one attached hydrogen (secondary N) is 1. The summed E-state index contributed by atoms with van der Waals surface area (Å²) >= 11 is 0. The van der Waals surface area contributed by atoms with E-state index < -0.39 is 51.2 Å². The van der Waals surface area contributed by atoms with Crippen molar-refractivity contribution < 1.29 is 32.8 Å². The number of hydrogen-bond acceptors (Lipinski definition) is 7. The Balaban J connectivity index is 2.33. The van der Waals surface area contributed by atoms with Crippen molar-refractivity contribution >= 4 is 23.3 Å². The molecule has 1 aliphatic rings. The first kappa shape index (κ1) is 16.3. The summed E-state index contributed by atoms with van der Waals surface area (Å²) in [7, 11) is 0. The number of hydrogen-bond donors (Lipinski definition) is 1. The SMILES string of the molecule is CC1(C)OC(=O)C(=CNc2cc(F)c(F)cc2[N+](=O)[O-])C(=O)O1. The summed E-state index contributed by atoms with van der Waals surface area (Å²) in [5.41, 5.74) is -1.81. The van der Waals surface area contributed by atoms with Crippen molar-refractivity contribution in [3.8, 4) is 0 Å². The van der Waals surface area contributed by atoms with Crippen LogP contribution in [0.5, 0.6) is 0 Å². The van der Waals surface area contributed by atoms with E-state index in [4.69, 9.17) is 9.47 Å². The van der Waals surface area contributed by atoms with Crippen LogP contribution in [0.15, 0.2) is 23.9 Å². The lowest BCUT2D eigenvalue weighted by atomic mass is 10.2. The van der Waals surface area contributed by atoms with Crippen LogP contribution in [-0.4, -0.2) is 22.6 Å². The van der Waals surface area contributed by atoms with Gasteiger partial charge in [-0.05, 0) is 0 Å². The van der Waals surface area contributed by atoms with Crippen LogP contribution in [0.2, 0.25) is 0 Å². The number of anilines is 1. The van der Waals surface area contributed by atoms with E-state index in [-0.39, 0.29) is 0 Å². The average molecular weight is 328 g/mol. The highest BCUT2D eigenvalue weighted by Crippen LogP contribution is 2.28. The second-order valence-electron chi connectivity index (χ2n) is 4.92. The molecule has 0 unspecified atom stereocenters. The number of nitro benzene ring substituents is 1. The molecule has 1 saturated heterocycles. The van der Waals surface area contributed by atoms with Crippen LogP contribution in [0.4, 0.5) is 20.2 Å². The lowest BCUT2D eigenvalue weighted by Gasteiger charge is -2.29. The molecular weight excluding hydrogens is 318 g/mol. The third-order valence-electron chi connectivity index (χ3n) is 2.72. The molecule has 2 rings (SSSR count). The maximum Gasteiger partial charge on any atom is 0.350 e. The molecule has 0 radical (unpaired) electrons. The minimum absolute atomic E-state index is 0.372. The van der Waals surface area contributed by atoms with Gasteiger partial charge in [0.05, 0.1) is 11.0 Å². The second kappa shape index (κ2) is 5.63. The molecule has 0 aromatic heterocycles. The summed E-state index contributed by atoms with van der Waals surface area (Å²) in [4.78, 5) is 33.2. The Bertz CT molecular complexity index is 722. The van der Waals surface area contributed by atoms with E-state index in [1.165, 1.54) is 13.8 Å². The highest BCUT2D eigenvalue weighted by Gasteiger charge is 2.39. The quantitative estimate of drug-likeness (QED) is 0.297. The van der Waals surface area contributed by atoms with Gasteiger partial charge in [0.15, 0.2) is 17.2 Å². The number of rotatable bonds is 3. The van der Waals surface area contributed by atoms with Crippen LogP contribution in [0.3, 0.4) is 0 Å². The lowest BCUT2D eigenvalue weighted by Crippen LogP contribution is -2.42. The van der Waals surface area contributed by atoms with E-state index >= 15 is 0 Å². The number of carbonyl (C=O) groups is 2. The molecule has 8 nitrogen and oxygen atoms in total. The standard InChI is InChI=1S/C13H10F2N2O6/c1-13(2)22-11(18)6(12(19)23-13)5-16-9-3-7(14)8(15)4-10(9)17(20)21/h3-5,16H,1-2H3. The average Bonchev–Trinajstić information content (AvgIpc) is 2.39. The Morgan fingerprint density at radius 2 is 1.70 bits per heavy atom. The maximum atomic E-state index is 13.2. The summed E-state index contributed by atoms with van der Waals surface area (Å²) in [5, 5.41) is 13.0. The first-order chi connectivity index (χ1) is 10.6. The normalized spacial score (nSPS) is 16.4. The molecule has 1 fully saturated rings. The van der Waals surface area contributed by atoms with Crippen LogP contribution in [0.25, 0.3) is 0 Å². The maximum absolute atomic E-state index is 13.2. The molecule has 1 aliphatic heterocycles. The van der Waals surface area contributed by atoms with Crippen molar-refractivity contribution in [2.45, 2.75) is 19.6 Å². The van der Waals surface area contributed by atoms with Crippen molar-refractivity contribution in [2.24, 2.45) is 0 Å². The predicted octanol–water partition coefficient (Wildman–Crippen LogP) is 2.00. The van der Waals surface area contributed by atoms with E-state index in [9.17, 15) is 28.5 Å². The largest absolute Gasteiger partial charge is 0.419 e. The fourth-order valence-electron chi connectivity index (χ4n) is 1.73. The summed E-state index contributed by atoms with van der Waals surface area (Å²) in [6, 6.07) is 0.894. The van der Waals surface area contributed by atoms with Gasteiger partial charge in [-0.1, -0.05) is 0 Å². The zero-order chi connectivity index (χ0) is 17.4. The fraction of sp³-hybridized carbons (Fsp3) is 0.231. The molecule has 1 aromatic carbocycles. The van der Waals surface area contributed by atoms with Crippen molar-refractivity contribution in [3.63, 3.8) is 0 Å². The van der Waals surface area contributed by atoms with Crippen molar-refractivity contribution in [2.75, 3.05) is 5.32 Å². The van der Waals surface area contributed by atoms with E-state index in [1.54, 1.807) is 0 Å². The first-order valence-electron chi connectivity index (χ1n) is 6.17. The van der Waals surface area contributed by atoms with Gasteiger partial charge in [-0.2, -0.15) is 0 Å². The number of halogens is 2. The van der Waals surface area contributed by atoms with Crippen molar-refractivity contribution in [1.82, 2.24) is 0 Å². The van der Waals surface area contributed by atoms with Gasteiger partial charge in [0.1, 0.15) is 5.69 Å². The molecule has 0 spiro atoms. The molecular formula is C13H10F2N2O6. The van der Waals surface area contributed by atoms with Crippen LogP contribution in [-0.2, 0) is 19.1 Å². The van der Waals surface area contributed by atoms with E-state index in [2.05, 4.69) is 5.32 Å². The third-order valence-corrected chi connectivity index (χ3v) is 2.72. The van der Waals surface area contributed by atoms with Gasteiger partial charge in [-0.15, -0.1) is 0 Å². The number of esters is 2. The Labute approximate surface area is 127 Å². The zero-order valence-electron chi connectivity index (χ0n) is 11.9. The van der Waals surface area contributed by atoms with Gasteiger partial charge >= 0.3 is 11.9 Å². The van der Waals surface area contributed by atoms with Crippen LogP contribution in [0.1, 0.15) is 13.8 Å². The summed E-state index contributed by atoms with van der Waals surface area (Å²) in [6.07, 6.45) is 0.763. The molecule has 0 saturated carbocycles. The van der Waals surface area contributed by atoms with Crippen molar-refractivity contribution in [1.29, 1.82) is 0 Å². The number of nitro groups is 1. The molecule has 122 valence electrons. The third kappa shape index (κ3) is 3.42. The lowest BCUT2D eigenvalue weighted by molar-refractivity contribution is -0.384. The Morgan fingerprint density at radius 1 is 1.17 bits per heavy atom. The topological polar surface area (TPSA) is 108 Å². The van der Waals surface area contributed by atoms with Gasteiger partial charge in [-0.25, -0.2) is 18.4 Å². The summed E-state index contributed by atoms with van der Waals surface area (Å²) in [6.45, 7) is 2.68. The van der Waals surface area contributed by atoms with E-state index in [0.29, 0.717) is 12.1 Å². The molecule has 0 atom stereocenters. The van der Waals surface area contributed by atoms with Crippen LogP contribution >= 0.6 is 0 Å². The Kier molecular flexibility index (Phi) is 4.00. The number of carbonyl (C=O) groups excluding carboxylic acids is 2. The van der Waals surface area contributed by atoms with Crippen LogP contribution in [0, 0.1) is 21.7 Å². The molecule has 1 N–H and O–H groups in total. The highest BCUT2D eigenvalue weighted by molar-refractivity contribution is 6.15. The smallest absolute Gasteiger partial charge is 0.350 e. The minimum Gasteiger partial charge on any atom is -0.419 e. The Morgan fingerprint density at radius 3 is 2.22 bits per heavy atom. The van der Waals surface area contributed by atoms with Gasteiger partial charge in [0.25, 0.3) is 11.5 Å². The Hall–Kier alpha value is -3.04. The van der Waals surface area contributed by atoms with E-state index in [0.717, 1.165) is 6.20 Å². The molecule has 1 aromatic rings. The summed E-state index contributed by atoms with van der Waals surface area (Å²) in [5.74, 6) is -6.24. The number of ether oxygens (including phenoxy) is 2. The fourth-order valence-corrected chi connectivity index (χ4v) is 1.73. The number of nitrogens with zero attached hydrogens (tertiary/aromatic N) is 1. The molecule has 0 amide bonds. The molecule has 1 heterocycles. The van der Waals surface area contributed by atoms with Gasteiger partial charge < -0.3 is 14.8 Å². The first-order valence-corrected chi connectivity index (χ1v) is 6.17. The minimum atomic E-state index is -1.44. The second-order valence-corrected chi connectivity index (χ2v) is 4.92. The highest BCUT2D eigenvalue weighted by atomic mass is 19.2. The van der Waals surface area contributed by atoms with Gasteiger partial charge in [0, 0.05) is 26.1 Å². The van der Waals surface area contributed by atoms with Crippen molar-refractivity contribution in [3.05, 3.63) is 45.7 Å². The predicted molar refractivity (Wildman–Crippen MR) is 71.0 cm³/mol. The molecule has 0 aliphatic carbocycles.